The first-order valence-corrected chi connectivity index (χ1v) is 8.49. The summed E-state index contributed by atoms with van der Waals surface area (Å²) in [5.74, 6) is 3.05. The summed E-state index contributed by atoms with van der Waals surface area (Å²) < 4.78 is 0. The average molecular weight is 270 g/mol. The lowest BCUT2D eigenvalue weighted by Gasteiger charge is -2.47. The fourth-order valence-electron chi connectivity index (χ4n) is 5.80. The maximum absolute atomic E-state index is 11.8. The van der Waals surface area contributed by atoms with E-state index in [1.807, 2.05) is 5.57 Å². The zero-order chi connectivity index (χ0) is 13.9. The third-order valence-corrected chi connectivity index (χ3v) is 7.04. The summed E-state index contributed by atoms with van der Waals surface area (Å²) in [7, 11) is 0. The standard InChI is InChI=1S/C19H26O/c1-12-4-3-5-15-16-7-6-13-10-14(20)8-9-19(13,2)18(16)11-17(12)15/h6,15-16,18H,3-5,7-11H2,1-2H3/t15-,16-,18-,19-/m0/s1. The Morgan fingerprint density at radius 1 is 1.30 bits per heavy atom. The van der Waals surface area contributed by atoms with Crippen LogP contribution in [0.25, 0.3) is 0 Å². The Morgan fingerprint density at radius 3 is 3.00 bits per heavy atom. The molecule has 4 aliphatic carbocycles. The van der Waals surface area contributed by atoms with Crippen molar-refractivity contribution in [3.63, 3.8) is 0 Å². The summed E-state index contributed by atoms with van der Waals surface area (Å²) in [6.45, 7) is 4.84. The second-order valence-electron chi connectivity index (χ2n) is 7.88. The molecule has 0 N–H and O–H groups in total. The molecule has 0 aliphatic heterocycles. The predicted molar refractivity (Wildman–Crippen MR) is 81.3 cm³/mol. The summed E-state index contributed by atoms with van der Waals surface area (Å²) >= 11 is 0. The van der Waals surface area contributed by atoms with Crippen LogP contribution in [0, 0.1) is 23.2 Å². The summed E-state index contributed by atoms with van der Waals surface area (Å²) in [5.41, 5.74) is 5.35. The van der Waals surface area contributed by atoms with Gasteiger partial charge in [-0.3, -0.25) is 4.79 Å². The molecule has 4 atom stereocenters. The molecule has 108 valence electrons. The molecule has 0 radical (unpaired) electrons. The highest BCUT2D eigenvalue weighted by Gasteiger charge is 2.53. The minimum Gasteiger partial charge on any atom is -0.299 e. The van der Waals surface area contributed by atoms with E-state index in [0.717, 1.165) is 37.0 Å². The molecule has 0 aromatic rings. The second kappa shape index (κ2) is 4.32. The van der Waals surface area contributed by atoms with E-state index in [4.69, 9.17) is 0 Å². The Morgan fingerprint density at radius 2 is 2.15 bits per heavy atom. The summed E-state index contributed by atoms with van der Waals surface area (Å²) in [6.07, 6.45) is 11.9. The first kappa shape index (κ1) is 12.9. The normalized spacial score (nSPS) is 43.8. The average Bonchev–Trinajstić information content (AvgIpc) is 2.81. The Hall–Kier alpha value is -0.850. The van der Waals surface area contributed by atoms with E-state index < -0.39 is 0 Å². The van der Waals surface area contributed by atoms with Gasteiger partial charge in [0.2, 0.25) is 0 Å². The second-order valence-corrected chi connectivity index (χ2v) is 7.88. The molecular weight excluding hydrogens is 244 g/mol. The molecular formula is C19H26O. The van der Waals surface area contributed by atoms with Crippen LogP contribution in [0.1, 0.15) is 65.2 Å². The summed E-state index contributed by atoms with van der Waals surface area (Å²) in [5, 5.41) is 0. The monoisotopic (exact) mass is 270 g/mol. The Balaban J connectivity index is 1.73. The number of allylic oxidation sites excluding steroid dienone is 4. The predicted octanol–water partition coefficient (Wildman–Crippen LogP) is 4.83. The number of carbonyl (C=O) groups is 1. The fraction of sp³-hybridized carbons (Fsp3) is 0.737. The maximum Gasteiger partial charge on any atom is 0.136 e. The van der Waals surface area contributed by atoms with E-state index in [2.05, 4.69) is 19.9 Å². The lowest BCUT2D eigenvalue weighted by atomic mass is 9.57. The first-order valence-electron chi connectivity index (χ1n) is 8.49. The van der Waals surface area contributed by atoms with Gasteiger partial charge in [0.15, 0.2) is 0 Å². The summed E-state index contributed by atoms with van der Waals surface area (Å²) in [4.78, 5) is 11.8. The number of ketones is 1. The third-order valence-electron chi connectivity index (χ3n) is 7.04. The molecule has 1 heteroatoms. The third kappa shape index (κ3) is 1.64. The lowest BCUT2D eigenvalue weighted by molar-refractivity contribution is -0.121. The molecule has 0 aromatic heterocycles. The maximum atomic E-state index is 11.8. The molecule has 4 aliphatic rings. The van der Waals surface area contributed by atoms with E-state index >= 15 is 0 Å². The number of hydrogen-bond donors (Lipinski definition) is 0. The molecule has 0 spiro atoms. The first-order chi connectivity index (χ1) is 9.59. The lowest BCUT2D eigenvalue weighted by Crippen LogP contribution is -2.40. The zero-order valence-corrected chi connectivity index (χ0v) is 12.9. The van der Waals surface area contributed by atoms with Gasteiger partial charge in [0.1, 0.15) is 5.78 Å². The molecule has 2 fully saturated rings. The molecule has 4 rings (SSSR count). The van der Waals surface area contributed by atoms with Gasteiger partial charge in [0.25, 0.3) is 0 Å². The van der Waals surface area contributed by atoms with Gasteiger partial charge in [-0.05, 0) is 68.6 Å². The van der Waals surface area contributed by atoms with Crippen molar-refractivity contribution < 1.29 is 4.79 Å². The van der Waals surface area contributed by atoms with Gasteiger partial charge in [-0.1, -0.05) is 29.7 Å². The van der Waals surface area contributed by atoms with Crippen LogP contribution in [0.15, 0.2) is 22.8 Å². The van der Waals surface area contributed by atoms with E-state index in [1.54, 1.807) is 5.57 Å². The molecule has 0 bridgehead atoms. The van der Waals surface area contributed by atoms with Gasteiger partial charge in [-0.15, -0.1) is 0 Å². The van der Waals surface area contributed by atoms with Crippen molar-refractivity contribution in [1.82, 2.24) is 0 Å². The van der Waals surface area contributed by atoms with Crippen LogP contribution in [0.2, 0.25) is 0 Å². The Kier molecular flexibility index (Phi) is 2.78. The summed E-state index contributed by atoms with van der Waals surface area (Å²) in [6, 6.07) is 0. The van der Waals surface area contributed by atoms with Crippen LogP contribution >= 0.6 is 0 Å². The van der Waals surface area contributed by atoms with Gasteiger partial charge < -0.3 is 0 Å². The highest BCUT2D eigenvalue weighted by molar-refractivity contribution is 5.82. The molecule has 0 amide bonds. The molecule has 0 saturated heterocycles. The SMILES string of the molecule is CC1=C2C[C@H]3[C@@H](CC=C4CC(=O)CC[C@@]43C)[C@@H]2CCC1. The van der Waals surface area contributed by atoms with Gasteiger partial charge in [-0.2, -0.15) is 0 Å². The van der Waals surface area contributed by atoms with Crippen LogP contribution in [0.4, 0.5) is 0 Å². The number of carbonyl (C=O) groups excluding carboxylic acids is 1. The highest BCUT2D eigenvalue weighted by atomic mass is 16.1. The zero-order valence-electron chi connectivity index (χ0n) is 12.9. The number of fused-ring (bicyclic) bond motifs is 5. The number of hydrogen-bond acceptors (Lipinski definition) is 1. The van der Waals surface area contributed by atoms with Crippen molar-refractivity contribution in [2.24, 2.45) is 23.2 Å². The van der Waals surface area contributed by atoms with Crippen molar-refractivity contribution in [2.75, 3.05) is 0 Å². The van der Waals surface area contributed by atoms with E-state index in [1.165, 1.54) is 37.7 Å². The largest absolute Gasteiger partial charge is 0.299 e. The molecule has 20 heavy (non-hydrogen) atoms. The highest BCUT2D eigenvalue weighted by Crippen LogP contribution is 2.62. The topological polar surface area (TPSA) is 17.1 Å². The van der Waals surface area contributed by atoms with Gasteiger partial charge >= 0.3 is 0 Å². The van der Waals surface area contributed by atoms with E-state index in [-0.39, 0.29) is 0 Å². The van der Waals surface area contributed by atoms with Crippen molar-refractivity contribution in [1.29, 1.82) is 0 Å². The van der Waals surface area contributed by atoms with Crippen LogP contribution in [-0.4, -0.2) is 5.78 Å². The van der Waals surface area contributed by atoms with Crippen molar-refractivity contribution in [3.8, 4) is 0 Å². The van der Waals surface area contributed by atoms with E-state index in [0.29, 0.717) is 11.2 Å². The van der Waals surface area contributed by atoms with Crippen molar-refractivity contribution in [3.05, 3.63) is 22.8 Å². The van der Waals surface area contributed by atoms with Gasteiger partial charge in [0.05, 0.1) is 0 Å². The van der Waals surface area contributed by atoms with Crippen molar-refractivity contribution in [2.45, 2.75) is 65.2 Å². The molecule has 0 aromatic carbocycles. The molecule has 0 heterocycles. The molecule has 1 nitrogen and oxygen atoms in total. The van der Waals surface area contributed by atoms with Crippen molar-refractivity contribution >= 4 is 5.78 Å². The smallest absolute Gasteiger partial charge is 0.136 e. The number of rotatable bonds is 0. The van der Waals surface area contributed by atoms with Crippen LogP contribution in [0.3, 0.4) is 0 Å². The fourth-order valence-corrected chi connectivity index (χ4v) is 5.80. The Bertz CT molecular complexity index is 524. The van der Waals surface area contributed by atoms with Gasteiger partial charge in [-0.25, -0.2) is 0 Å². The van der Waals surface area contributed by atoms with Crippen LogP contribution in [0.5, 0.6) is 0 Å². The minimum atomic E-state index is 0.335. The van der Waals surface area contributed by atoms with E-state index in [9.17, 15) is 4.79 Å². The molecule has 2 saturated carbocycles. The number of Topliss-reactive ketones (excluding diaryl/α,β-unsaturated/α-hetero) is 1. The van der Waals surface area contributed by atoms with Crippen LogP contribution in [-0.2, 0) is 4.79 Å². The molecule has 0 unspecified atom stereocenters. The van der Waals surface area contributed by atoms with Gasteiger partial charge in [0, 0.05) is 12.8 Å². The quantitative estimate of drug-likeness (QED) is 0.576. The Labute approximate surface area is 122 Å². The minimum absolute atomic E-state index is 0.335. The van der Waals surface area contributed by atoms with Crippen LogP contribution < -0.4 is 0 Å².